The highest BCUT2D eigenvalue weighted by Gasteiger charge is 2.11. The van der Waals surface area contributed by atoms with E-state index in [0.717, 1.165) is 29.0 Å². The molecule has 0 N–H and O–H groups in total. The second kappa shape index (κ2) is 4.55. The number of methoxy groups -OCH3 is 1. The molecule has 0 atom stereocenters. The van der Waals surface area contributed by atoms with Gasteiger partial charge in [-0.2, -0.15) is 0 Å². The van der Waals surface area contributed by atoms with Crippen molar-refractivity contribution >= 4 is 65.2 Å². The Balaban J connectivity index is 2.91. The number of fused-ring (bicyclic) bond motifs is 1. The summed E-state index contributed by atoms with van der Waals surface area (Å²) < 4.78 is 8.29. The van der Waals surface area contributed by atoms with Gasteiger partial charge in [0, 0.05) is 31.2 Å². The van der Waals surface area contributed by atoms with Gasteiger partial charge in [0.2, 0.25) is 0 Å². The molecule has 0 amide bonds. The first-order valence-electron chi connectivity index (χ1n) is 4.10. The summed E-state index contributed by atoms with van der Waals surface area (Å²) in [5.74, 6) is 0.818. The summed E-state index contributed by atoms with van der Waals surface area (Å²) in [6.07, 6.45) is 3.68. The van der Waals surface area contributed by atoms with Crippen LogP contribution in [0.2, 0.25) is 0 Å². The van der Waals surface area contributed by atoms with Crippen LogP contribution >= 0.6 is 54.5 Å². The molecule has 2 rings (SSSR count). The van der Waals surface area contributed by atoms with Crippen LogP contribution in [0.15, 0.2) is 27.4 Å². The zero-order valence-electron chi connectivity index (χ0n) is 7.72. The van der Waals surface area contributed by atoms with Crippen LogP contribution in [0.4, 0.5) is 0 Å². The van der Waals surface area contributed by atoms with E-state index in [-0.39, 0.29) is 0 Å². The van der Waals surface area contributed by atoms with Gasteiger partial charge in [-0.05, 0) is 60.5 Å². The highest BCUT2D eigenvalue weighted by Crippen LogP contribution is 2.39. The topological polar surface area (TPSA) is 22.1 Å². The Bertz CT molecular complexity index is 530. The predicted molar refractivity (Wildman–Crippen MR) is 76.4 cm³/mol. The molecular weight excluding hydrogens is 437 g/mol. The van der Waals surface area contributed by atoms with Crippen LogP contribution in [0.3, 0.4) is 0 Å². The number of nitrogens with zero attached hydrogens (tertiary/aromatic N) is 1. The van der Waals surface area contributed by atoms with Gasteiger partial charge >= 0.3 is 0 Å². The molecule has 15 heavy (non-hydrogen) atoms. The fourth-order valence-corrected chi connectivity index (χ4v) is 2.94. The SMILES string of the molecule is COc1cc2c(I)cncc2c(Br)c1Br. The molecule has 0 bridgehead atoms. The largest absolute Gasteiger partial charge is 0.496 e. The van der Waals surface area contributed by atoms with Gasteiger partial charge in [-0.25, -0.2) is 0 Å². The van der Waals surface area contributed by atoms with Crippen LogP contribution in [-0.2, 0) is 0 Å². The average molecular weight is 443 g/mol. The zero-order chi connectivity index (χ0) is 11.0. The molecule has 2 nitrogen and oxygen atoms in total. The van der Waals surface area contributed by atoms with Crippen LogP contribution in [0.1, 0.15) is 0 Å². The normalized spacial score (nSPS) is 10.7. The van der Waals surface area contributed by atoms with Crippen LogP contribution in [-0.4, -0.2) is 12.1 Å². The first kappa shape index (κ1) is 11.6. The number of hydrogen-bond donors (Lipinski definition) is 0. The number of ether oxygens (including phenoxy) is 1. The maximum atomic E-state index is 5.29. The van der Waals surface area contributed by atoms with Gasteiger partial charge in [-0.3, -0.25) is 4.98 Å². The molecule has 0 aliphatic heterocycles. The maximum absolute atomic E-state index is 5.29. The maximum Gasteiger partial charge on any atom is 0.134 e. The number of benzene rings is 1. The van der Waals surface area contributed by atoms with Gasteiger partial charge in [-0.1, -0.05) is 0 Å². The Morgan fingerprint density at radius 2 is 1.93 bits per heavy atom. The van der Waals surface area contributed by atoms with Gasteiger partial charge in [-0.15, -0.1) is 0 Å². The molecule has 1 aromatic carbocycles. The van der Waals surface area contributed by atoms with Gasteiger partial charge in [0.05, 0.1) is 11.6 Å². The molecule has 78 valence electrons. The summed E-state index contributed by atoms with van der Waals surface area (Å²) >= 11 is 9.29. The van der Waals surface area contributed by atoms with Crippen molar-refractivity contribution in [2.75, 3.05) is 7.11 Å². The lowest BCUT2D eigenvalue weighted by Gasteiger charge is -2.09. The summed E-state index contributed by atoms with van der Waals surface area (Å²) in [6.45, 7) is 0. The molecule has 5 heteroatoms. The molecule has 0 radical (unpaired) electrons. The van der Waals surface area contributed by atoms with Crippen molar-refractivity contribution in [2.24, 2.45) is 0 Å². The molecule has 0 spiro atoms. The summed E-state index contributed by atoms with van der Waals surface area (Å²) in [6, 6.07) is 2.01. The lowest BCUT2D eigenvalue weighted by molar-refractivity contribution is 0.412. The van der Waals surface area contributed by atoms with Gasteiger partial charge in [0.25, 0.3) is 0 Å². The average Bonchev–Trinajstić information content (AvgIpc) is 2.24. The third-order valence-corrected chi connectivity index (χ3v) is 5.08. The number of hydrogen-bond acceptors (Lipinski definition) is 2. The van der Waals surface area contributed by atoms with Crippen molar-refractivity contribution in [3.05, 3.63) is 31.0 Å². The lowest BCUT2D eigenvalue weighted by Crippen LogP contribution is -1.89. The first-order valence-corrected chi connectivity index (χ1v) is 6.77. The van der Waals surface area contributed by atoms with Crippen LogP contribution in [0.5, 0.6) is 5.75 Å². The fraction of sp³-hybridized carbons (Fsp3) is 0.100. The Labute approximate surface area is 118 Å². The Morgan fingerprint density at radius 1 is 1.20 bits per heavy atom. The highest BCUT2D eigenvalue weighted by molar-refractivity contribution is 14.1. The highest BCUT2D eigenvalue weighted by atomic mass is 127. The standard InChI is InChI=1S/C10H6Br2INO/c1-15-8-2-5-6(9(11)10(8)12)3-14-4-7(5)13/h2-4H,1H3. The Hall–Kier alpha value is 0.120. The Kier molecular flexibility index (Phi) is 3.52. The summed E-state index contributed by atoms with van der Waals surface area (Å²) in [5.41, 5.74) is 0. The first-order chi connectivity index (χ1) is 7.15. The van der Waals surface area contributed by atoms with Crippen LogP contribution in [0.25, 0.3) is 10.8 Å². The monoisotopic (exact) mass is 441 g/mol. The molecule has 0 aliphatic carbocycles. The summed E-state index contributed by atoms with van der Waals surface area (Å²) in [5, 5.41) is 2.21. The number of halogens is 3. The minimum absolute atomic E-state index is 0.818. The van der Waals surface area contributed by atoms with E-state index < -0.39 is 0 Å². The van der Waals surface area contributed by atoms with Crippen molar-refractivity contribution in [1.29, 1.82) is 0 Å². The molecule has 0 unspecified atom stereocenters. The van der Waals surface area contributed by atoms with E-state index >= 15 is 0 Å². The van der Waals surface area contributed by atoms with Crippen LogP contribution in [0, 0.1) is 3.57 Å². The van der Waals surface area contributed by atoms with Gasteiger partial charge in [0.1, 0.15) is 5.75 Å². The summed E-state index contributed by atoms with van der Waals surface area (Å²) in [4.78, 5) is 4.17. The molecule has 1 heterocycles. The molecule has 0 fully saturated rings. The zero-order valence-corrected chi connectivity index (χ0v) is 13.1. The number of pyridine rings is 1. The van der Waals surface area contributed by atoms with E-state index in [1.54, 1.807) is 7.11 Å². The second-order valence-corrected chi connectivity index (χ2v) is 5.67. The minimum atomic E-state index is 0.818. The van der Waals surface area contributed by atoms with E-state index in [1.165, 1.54) is 0 Å². The number of rotatable bonds is 1. The van der Waals surface area contributed by atoms with Gasteiger partial charge in [0.15, 0.2) is 0 Å². The molecular formula is C10H6Br2INO. The van der Waals surface area contributed by atoms with E-state index in [2.05, 4.69) is 59.4 Å². The van der Waals surface area contributed by atoms with Crippen molar-refractivity contribution in [3.8, 4) is 5.75 Å². The fourth-order valence-electron chi connectivity index (χ4n) is 1.34. The van der Waals surface area contributed by atoms with Crippen molar-refractivity contribution in [2.45, 2.75) is 0 Å². The molecule has 2 aromatic rings. The van der Waals surface area contributed by atoms with Crippen molar-refractivity contribution in [3.63, 3.8) is 0 Å². The van der Waals surface area contributed by atoms with Crippen molar-refractivity contribution < 1.29 is 4.74 Å². The molecule has 0 saturated carbocycles. The summed E-state index contributed by atoms with van der Waals surface area (Å²) in [7, 11) is 1.66. The third kappa shape index (κ3) is 2.01. The molecule has 1 aromatic heterocycles. The van der Waals surface area contributed by atoms with E-state index in [0.29, 0.717) is 0 Å². The Morgan fingerprint density at radius 3 is 2.60 bits per heavy atom. The number of aromatic nitrogens is 1. The minimum Gasteiger partial charge on any atom is -0.496 e. The quantitative estimate of drug-likeness (QED) is 0.612. The van der Waals surface area contributed by atoms with Gasteiger partial charge < -0.3 is 4.74 Å². The van der Waals surface area contributed by atoms with E-state index in [1.807, 2.05) is 18.5 Å². The molecule has 0 aliphatic rings. The van der Waals surface area contributed by atoms with Crippen LogP contribution < -0.4 is 4.74 Å². The van der Waals surface area contributed by atoms with Crippen molar-refractivity contribution in [1.82, 2.24) is 4.98 Å². The lowest BCUT2D eigenvalue weighted by atomic mass is 10.2. The van der Waals surface area contributed by atoms with E-state index in [4.69, 9.17) is 4.74 Å². The third-order valence-electron chi connectivity index (χ3n) is 2.08. The van der Waals surface area contributed by atoms with E-state index in [9.17, 15) is 0 Å². The molecule has 0 saturated heterocycles. The second-order valence-electron chi connectivity index (χ2n) is 2.92. The smallest absolute Gasteiger partial charge is 0.134 e. The predicted octanol–water partition coefficient (Wildman–Crippen LogP) is 4.37.